The van der Waals surface area contributed by atoms with Crippen LogP contribution < -0.4 is 5.32 Å². The monoisotopic (exact) mass is 195 g/mol. The first-order valence-electron chi connectivity index (χ1n) is 2.06. The predicted octanol–water partition coefficient (Wildman–Crippen LogP) is 2.19. The van der Waals surface area contributed by atoms with Crippen molar-refractivity contribution in [1.82, 2.24) is 5.32 Å². The lowest BCUT2D eigenvalue weighted by Crippen LogP contribution is -1.92. The van der Waals surface area contributed by atoms with Crippen molar-refractivity contribution in [1.29, 1.82) is 0 Å². The fourth-order valence-electron chi connectivity index (χ4n) is 0.205. The zero-order valence-corrected chi connectivity index (χ0v) is 6.88. The molecule has 0 saturated heterocycles. The van der Waals surface area contributed by atoms with E-state index < -0.39 is 0 Å². The van der Waals surface area contributed by atoms with Crippen LogP contribution >= 0.6 is 27.5 Å². The number of allylic oxidation sites excluding steroid dienone is 2. The van der Waals surface area contributed by atoms with Crippen molar-refractivity contribution >= 4 is 27.5 Å². The molecular weight excluding hydrogens is 189 g/mol. The summed E-state index contributed by atoms with van der Waals surface area (Å²) in [6.07, 6.45) is 1.72. The SMILES string of the molecule is C=C(Cl)/C(Br)=C\NC. The molecule has 0 aliphatic carbocycles. The summed E-state index contributed by atoms with van der Waals surface area (Å²) in [5, 5.41) is 3.29. The molecule has 0 rings (SSSR count). The van der Waals surface area contributed by atoms with Crippen molar-refractivity contribution < 1.29 is 0 Å². The van der Waals surface area contributed by atoms with Crippen LogP contribution in [0.1, 0.15) is 0 Å². The Bertz CT molecular complexity index is 120. The van der Waals surface area contributed by atoms with Gasteiger partial charge in [-0.1, -0.05) is 18.2 Å². The number of hydrogen-bond acceptors (Lipinski definition) is 1. The molecule has 0 spiro atoms. The van der Waals surface area contributed by atoms with Crippen molar-refractivity contribution in [2.75, 3.05) is 7.05 Å². The van der Waals surface area contributed by atoms with E-state index in [1.54, 1.807) is 13.2 Å². The van der Waals surface area contributed by atoms with Gasteiger partial charge in [0.2, 0.25) is 0 Å². The molecule has 0 atom stereocenters. The van der Waals surface area contributed by atoms with Gasteiger partial charge in [0.1, 0.15) is 0 Å². The maximum Gasteiger partial charge on any atom is 0.0512 e. The summed E-state index contributed by atoms with van der Waals surface area (Å²) in [7, 11) is 1.79. The normalized spacial score (nSPS) is 11.1. The molecule has 0 fully saturated rings. The van der Waals surface area contributed by atoms with Crippen molar-refractivity contribution in [2.24, 2.45) is 0 Å². The summed E-state index contributed by atoms with van der Waals surface area (Å²) in [6.45, 7) is 3.48. The minimum Gasteiger partial charge on any atom is -0.393 e. The quantitative estimate of drug-likeness (QED) is 0.668. The van der Waals surface area contributed by atoms with Crippen molar-refractivity contribution in [2.45, 2.75) is 0 Å². The second-order valence-corrected chi connectivity index (χ2v) is 2.50. The number of halogens is 2. The fraction of sp³-hybridized carbons (Fsp3) is 0.200. The Labute approximate surface area is 62.5 Å². The largest absolute Gasteiger partial charge is 0.393 e. The molecule has 46 valence electrons. The van der Waals surface area contributed by atoms with Crippen molar-refractivity contribution in [3.8, 4) is 0 Å². The highest BCUT2D eigenvalue weighted by molar-refractivity contribution is 9.12. The van der Waals surface area contributed by atoms with Gasteiger partial charge in [-0.15, -0.1) is 0 Å². The third kappa shape index (κ3) is 3.10. The topological polar surface area (TPSA) is 12.0 Å². The molecule has 0 heterocycles. The van der Waals surface area contributed by atoms with Crippen molar-refractivity contribution in [3.63, 3.8) is 0 Å². The smallest absolute Gasteiger partial charge is 0.0512 e. The van der Waals surface area contributed by atoms with E-state index in [0.29, 0.717) is 5.03 Å². The molecule has 0 aromatic carbocycles. The highest BCUT2D eigenvalue weighted by Gasteiger charge is 1.89. The Balaban J connectivity index is 3.80. The fourth-order valence-corrected chi connectivity index (χ4v) is 0.489. The molecule has 0 aliphatic heterocycles. The standard InChI is InChI=1S/C5H7BrClN/c1-4(7)5(6)3-8-2/h3,8H,1H2,2H3/b5-3+. The third-order valence-electron chi connectivity index (χ3n) is 0.530. The van der Waals surface area contributed by atoms with Gasteiger partial charge in [0.15, 0.2) is 0 Å². The number of hydrogen-bond donors (Lipinski definition) is 1. The van der Waals surface area contributed by atoms with Gasteiger partial charge < -0.3 is 5.32 Å². The molecule has 3 heteroatoms. The first kappa shape index (κ1) is 8.05. The molecule has 0 unspecified atom stereocenters. The van der Waals surface area contributed by atoms with E-state index in [1.807, 2.05) is 0 Å². The predicted molar refractivity (Wildman–Crippen MR) is 41.1 cm³/mol. The van der Waals surface area contributed by atoms with E-state index in [0.717, 1.165) is 4.48 Å². The molecule has 1 N–H and O–H groups in total. The molecule has 0 aliphatic rings. The number of nitrogens with one attached hydrogen (secondary N) is 1. The highest BCUT2D eigenvalue weighted by Crippen LogP contribution is 2.16. The Kier molecular flexibility index (Phi) is 4.01. The van der Waals surface area contributed by atoms with Gasteiger partial charge in [0.25, 0.3) is 0 Å². The Hall–Kier alpha value is 0.0500. The van der Waals surface area contributed by atoms with Crippen LogP contribution in [0.2, 0.25) is 0 Å². The van der Waals surface area contributed by atoms with Gasteiger partial charge in [0.05, 0.1) is 4.48 Å². The highest BCUT2D eigenvalue weighted by atomic mass is 79.9. The summed E-state index contributed by atoms with van der Waals surface area (Å²) >= 11 is 8.63. The first-order valence-corrected chi connectivity index (χ1v) is 3.23. The van der Waals surface area contributed by atoms with Crippen LogP contribution in [0.4, 0.5) is 0 Å². The number of rotatable bonds is 2. The maximum atomic E-state index is 5.46. The van der Waals surface area contributed by atoms with Crippen LogP contribution in [0.25, 0.3) is 0 Å². The van der Waals surface area contributed by atoms with Crippen LogP contribution in [0.3, 0.4) is 0 Å². The minimum atomic E-state index is 0.499. The summed E-state index contributed by atoms with van der Waals surface area (Å²) in [5.74, 6) is 0. The minimum absolute atomic E-state index is 0.499. The molecule has 0 amide bonds. The first-order chi connectivity index (χ1) is 3.68. The van der Waals surface area contributed by atoms with E-state index in [2.05, 4.69) is 27.8 Å². The van der Waals surface area contributed by atoms with Crippen molar-refractivity contribution in [3.05, 3.63) is 22.3 Å². The molecule has 8 heavy (non-hydrogen) atoms. The lowest BCUT2D eigenvalue weighted by Gasteiger charge is -1.91. The van der Waals surface area contributed by atoms with E-state index >= 15 is 0 Å². The summed E-state index contributed by atoms with van der Waals surface area (Å²) in [4.78, 5) is 0. The molecule has 1 nitrogen and oxygen atoms in total. The Morgan fingerprint density at radius 3 is 2.50 bits per heavy atom. The lowest BCUT2D eigenvalue weighted by molar-refractivity contribution is 1.10. The van der Waals surface area contributed by atoms with Crippen LogP contribution in [0, 0.1) is 0 Å². The zero-order valence-electron chi connectivity index (χ0n) is 4.54. The van der Waals surface area contributed by atoms with Crippen LogP contribution in [0.15, 0.2) is 22.3 Å². The molecule has 0 radical (unpaired) electrons. The third-order valence-corrected chi connectivity index (χ3v) is 1.67. The average Bonchev–Trinajstić information content (AvgIpc) is 1.67. The molecule has 0 saturated carbocycles. The molecular formula is C5H7BrClN. The van der Waals surface area contributed by atoms with E-state index in [1.165, 1.54) is 0 Å². The summed E-state index contributed by atoms with van der Waals surface area (Å²) in [5.41, 5.74) is 0. The zero-order chi connectivity index (χ0) is 6.57. The van der Waals surface area contributed by atoms with Crippen LogP contribution in [-0.4, -0.2) is 7.05 Å². The molecule has 0 aromatic heterocycles. The van der Waals surface area contributed by atoms with Gasteiger partial charge in [0, 0.05) is 18.3 Å². The van der Waals surface area contributed by atoms with Gasteiger partial charge >= 0.3 is 0 Å². The van der Waals surface area contributed by atoms with Gasteiger partial charge in [-0.2, -0.15) is 0 Å². The lowest BCUT2D eigenvalue weighted by atomic mass is 10.6. The van der Waals surface area contributed by atoms with E-state index in [9.17, 15) is 0 Å². The second kappa shape index (κ2) is 3.98. The maximum absolute atomic E-state index is 5.46. The van der Waals surface area contributed by atoms with Gasteiger partial charge in [-0.05, 0) is 15.9 Å². The summed E-state index contributed by atoms with van der Waals surface area (Å²) < 4.78 is 0.779. The van der Waals surface area contributed by atoms with Crippen LogP contribution in [-0.2, 0) is 0 Å². The van der Waals surface area contributed by atoms with Gasteiger partial charge in [-0.3, -0.25) is 0 Å². The molecule has 0 aromatic rings. The average molecular weight is 196 g/mol. The molecule has 0 bridgehead atoms. The van der Waals surface area contributed by atoms with E-state index in [-0.39, 0.29) is 0 Å². The second-order valence-electron chi connectivity index (χ2n) is 1.19. The van der Waals surface area contributed by atoms with Gasteiger partial charge in [-0.25, -0.2) is 0 Å². The van der Waals surface area contributed by atoms with E-state index in [4.69, 9.17) is 11.6 Å². The Morgan fingerprint density at radius 2 is 2.38 bits per heavy atom. The summed E-state index contributed by atoms with van der Waals surface area (Å²) in [6, 6.07) is 0. The Morgan fingerprint density at radius 1 is 1.88 bits per heavy atom. The van der Waals surface area contributed by atoms with Crippen LogP contribution in [0.5, 0.6) is 0 Å².